The predicted octanol–water partition coefficient (Wildman–Crippen LogP) is 1.54. The molecule has 1 aromatic carbocycles. The summed E-state index contributed by atoms with van der Waals surface area (Å²) in [4.78, 5) is 12.4. The Hall–Kier alpha value is -1.40. The monoisotopic (exact) mass is 308 g/mol. The van der Waals surface area contributed by atoms with Crippen molar-refractivity contribution in [1.82, 2.24) is 5.32 Å². The fraction of sp³-hybridized carbons (Fsp3) is 0.533. The molecule has 114 valence electrons. The molecule has 21 heavy (non-hydrogen) atoms. The number of carbonyl (C=O) groups excluding carboxylic acids is 1. The average Bonchev–Trinajstić information content (AvgIpc) is 2.92. The van der Waals surface area contributed by atoms with Gasteiger partial charge in [0.1, 0.15) is 18.3 Å². The molecule has 2 aliphatic heterocycles. The van der Waals surface area contributed by atoms with Crippen LogP contribution in [0.3, 0.4) is 0 Å². The highest BCUT2D eigenvalue weighted by Crippen LogP contribution is 2.34. The molecule has 0 aliphatic carbocycles. The van der Waals surface area contributed by atoms with Crippen molar-refractivity contribution in [2.75, 3.05) is 26.0 Å². The minimum atomic E-state index is -2.49. The van der Waals surface area contributed by atoms with Gasteiger partial charge in [0.15, 0.2) is 0 Å². The molecule has 0 bridgehead atoms. The second-order valence-corrected chi connectivity index (χ2v) is 8.21. The number of benzene rings is 1. The fourth-order valence-corrected chi connectivity index (χ4v) is 4.66. The average molecular weight is 308 g/mol. The van der Waals surface area contributed by atoms with Gasteiger partial charge in [0.2, 0.25) is 0 Å². The minimum absolute atomic E-state index is 0.000246. The molecule has 2 heterocycles. The van der Waals surface area contributed by atoms with Gasteiger partial charge >= 0.3 is 0 Å². The molecule has 1 saturated heterocycles. The van der Waals surface area contributed by atoms with E-state index < -0.39 is 15.6 Å². The molecule has 1 N–H and O–H groups in total. The lowest BCUT2D eigenvalue weighted by Crippen LogP contribution is -2.35. The smallest absolute Gasteiger partial charge is 0.264 e. The van der Waals surface area contributed by atoms with Gasteiger partial charge in [-0.15, -0.1) is 0 Å². The summed E-state index contributed by atoms with van der Waals surface area (Å²) in [5.74, 6) is 0.00481. The fourth-order valence-electron chi connectivity index (χ4n) is 2.92. The molecule has 2 atom stereocenters. The van der Waals surface area contributed by atoms with E-state index in [0.717, 1.165) is 37.2 Å². The van der Waals surface area contributed by atoms with Crippen molar-refractivity contribution in [1.29, 1.82) is 0 Å². The Morgan fingerprint density at radius 3 is 2.81 bits per heavy atom. The van der Waals surface area contributed by atoms with Crippen molar-refractivity contribution in [3.8, 4) is 5.75 Å². The summed E-state index contributed by atoms with van der Waals surface area (Å²) in [5, 5.41) is 3.24. The second-order valence-electron chi connectivity index (χ2n) is 5.64. The Balaban J connectivity index is 1.83. The Labute approximate surface area is 125 Å². The van der Waals surface area contributed by atoms with Crippen molar-refractivity contribution in [3.05, 3.63) is 29.8 Å². The van der Waals surface area contributed by atoms with E-state index >= 15 is 0 Å². The molecular formula is C15H20N2O3S. The molecule has 3 rings (SSSR count). The predicted molar refractivity (Wildman–Crippen MR) is 82.1 cm³/mol. The number of fused-ring (bicyclic) bond motifs is 1. The molecule has 1 amide bonds. The summed E-state index contributed by atoms with van der Waals surface area (Å²) in [6.07, 6.45) is 3.23. The highest BCUT2D eigenvalue weighted by molar-refractivity contribution is 7.93. The van der Waals surface area contributed by atoms with Crippen LogP contribution in [0.4, 0.5) is 0 Å². The molecular weight excluding hydrogens is 288 g/mol. The maximum atomic E-state index is 12.8. The van der Waals surface area contributed by atoms with Gasteiger partial charge in [-0.25, -0.2) is 4.21 Å². The van der Waals surface area contributed by atoms with Gasteiger partial charge in [-0.2, -0.15) is 4.36 Å². The van der Waals surface area contributed by atoms with Gasteiger partial charge in [0.05, 0.1) is 9.73 Å². The maximum absolute atomic E-state index is 12.8. The van der Waals surface area contributed by atoms with E-state index in [2.05, 4.69) is 9.68 Å². The van der Waals surface area contributed by atoms with Crippen LogP contribution in [0.2, 0.25) is 0 Å². The van der Waals surface area contributed by atoms with Crippen LogP contribution >= 0.6 is 0 Å². The van der Waals surface area contributed by atoms with Crippen molar-refractivity contribution in [2.45, 2.75) is 24.0 Å². The third kappa shape index (κ3) is 2.96. The molecule has 5 nitrogen and oxygen atoms in total. The molecule has 2 unspecified atom stereocenters. The molecule has 1 aromatic rings. The number of nitrogens with zero attached hydrogens (tertiary/aromatic N) is 1. The maximum Gasteiger partial charge on any atom is 0.264 e. The topological polar surface area (TPSA) is 67.8 Å². The van der Waals surface area contributed by atoms with Gasteiger partial charge in [-0.3, -0.25) is 4.79 Å². The lowest BCUT2D eigenvalue weighted by Gasteiger charge is -2.23. The highest BCUT2D eigenvalue weighted by atomic mass is 32.2. The van der Waals surface area contributed by atoms with E-state index in [9.17, 15) is 9.00 Å². The second kappa shape index (κ2) is 5.77. The summed E-state index contributed by atoms with van der Waals surface area (Å²) < 4.78 is 22.4. The Morgan fingerprint density at radius 2 is 2.05 bits per heavy atom. The number of hydrogen-bond donors (Lipinski definition) is 1. The van der Waals surface area contributed by atoms with Crippen molar-refractivity contribution in [3.63, 3.8) is 0 Å². The van der Waals surface area contributed by atoms with Crippen LogP contribution in [-0.4, -0.2) is 41.3 Å². The summed E-state index contributed by atoms with van der Waals surface area (Å²) in [6.45, 7) is 1.98. The molecule has 0 saturated carbocycles. The zero-order valence-electron chi connectivity index (χ0n) is 12.1. The first kappa shape index (κ1) is 14.5. The first-order chi connectivity index (χ1) is 10.1. The SMILES string of the molecule is CS(=O)(=NC(=O)C1COc2ccccc21)C1CCNCC1. The molecule has 2 aliphatic rings. The molecule has 1 fully saturated rings. The molecule has 6 heteroatoms. The summed E-state index contributed by atoms with van der Waals surface area (Å²) in [6, 6.07) is 7.48. The largest absolute Gasteiger partial charge is 0.492 e. The van der Waals surface area contributed by atoms with Crippen LogP contribution in [0.25, 0.3) is 0 Å². The van der Waals surface area contributed by atoms with E-state index in [-0.39, 0.29) is 11.2 Å². The first-order valence-electron chi connectivity index (χ1n) is 7.25. The minimum Gasteiger partial charge on any atom is -0.492 e. The van der Waals surface area contributed by atoms with Crippen LogP contribution in [0.1, 0.15) is 24.3 Å². The number of hydrogen-bond acceptors (Lipinski definition) is 4. The van der Waals surface area contributed by atoms with Crippen LogP contribution in [0.5, 0.6) is 5.75 Å². The van der Waals surface area contributed by atoms with Gasteiger partial charge in [-0.05, 0) is 32.0 Å². The number of nitrogens with one attached hydrogen (secondary N) is 1. The van der Waals surface area contributed by atoms with E-state index in [0.29, 0.717) is 6.61 Å². The van der Waals surface area contributed by atoms with Gasteiger partial charge in [0, 0.05) is 17.1 Å². The van der Waals surface area contributed by atoms with Crippen LogP contribution in [-0.2, 0) is 14.5 Å². The van der Waals surface area contributed by atoms with Crippen LogP contribution in [0, 0.1) is 0 Å². The number of para-hydroxylation sites is 1. The number of carbonyl (C=O) groups is 1. The van der Waals surface area contributed by atoms with Gasteiger partial charge in [0.25, 0.3) is 5.91 Å². The van der Waals surface area contributed by atoms with E-state index in [1.165, 1.54) is 0 Å². The third-order valence-corrected chi connectivity index (χ3v) is 6.42. The lowest BCUT2D eigenvalue weighted by molar-refractivity contribution is -0.119. The highest BCUT2D eigenvalue weighted by Gasteiger charge is 2.32. The van der Waals surface area contributed by atoms with E-state index in [1.54, 1.807) is 6.26 Å². The van der Waals surface area contributed by atoms with Gasteiger partial charge in [-0.1, -0.05) is 18.2 Å². The lowest BCUT2D eigenvalue weighted by atomic mass is 10.0. The van der Waals surface area contributed by atoms with Crippen LogP contribution < -0.4 is 10.1 Å². The Kier molecular flexibility index (Phi) is 3.99. The number of amides is 1. The van der Waals surface area contributed by atoms with Crippen molar-refractivity contribution >= 4 is 15.6 Å². The van der Waals surface area contributed by atoms with Crippen molar-refractivity contribution in [2.24, 2.45) is 4.36 Å². The number of rotatable bonds is 2. The van der Waals surface area contributed by atoms with Gasteiger partial charge < -0.3 is 10.1 Å². The zero-order valence-corrected chi connectivity index (χ0v) is 12.9. The molecule has 0 radical (unpaired) electrons. The summed E-state index contributed by atoms with van der Waals surface area (Å²) in [7, 11) is -2.49. The summed E-state index contributed by atoms with van der Waals surface area (Å²) >= 11 is 0. The quantitative estimate of drug-likeness (QED) is 0.900. The third-order valence-electron chi connectivity index (χ3n) is 4.17. The Bertz CT molecular complexity index is 659. The first-order valence-corrected chi connectivity index (χ1v) is 9.24. The van der Waals surface area contributed by atoms with E-state index in [1.807, 2.05) is 24.3 Å². The Morgan fingerprint density at radius 1 is 1.33 bits per heavy atom. The summed E-state index contributed by atoms with van der Waals surface area (Å²) in [5.41, 5.74) is 0.853. The number of ether oxygens (including phenoxy) is 1. The van der Waals surface area contributed by atoms with Crippen LogP contribution in [0.15, 0.2) is 28.6 Å². The number of piperidine rings is 1. The van der Waals surface area contributed by atoms with E-state index in [4.69, 9.17) is 4.74 Å². The molecule has 0 spiro atoms. The normalized spacial score (nSPS) is 24.7. The zero-order chi connectivity index (χ0) is 14.9. The standard InChI is InChI=1S/C15H20N2O3S/c1-21(19,11-6-8-16-9-7-11)17-15(18)13-10-20-14-5-3-2-4-12(13)14/h2-5,11,13,16H,6-10H2,1H3. The van der Waals surface area contributed by atoms with Crippen molar-refractivity contribution < 1.29 is 13.7 Å². The molecule has 0 aromatic heterocycles.